The van der Waals surface area contributed by atoms with Gasteiger partial charge >= 0.3 is 0 Å². The molecule has 1 fully saturated rings. The van der Waals surface area contributed by atoms with E-state index in [9.17, 15) is 13.6 Å². The highest BCUT2D eigenvalue weighted by molar-refractivity contribution is 5.95. The fraction of sp³-hybridized carbons (Fsp3) is 0.364. The summed E-state index contributed by atoms with van der Waals surface area (Å²) in [6, 6.07) is 6.96. The lowest BCUT2D eigenvalue weighted by Crippen LogP contribution is -2.58. The first kappa shape index (κ1) is 10.1. The van der Waals surface area contributed by atoms with Crippen LogP contribution in [0.4, 0.5) is 8.78 Å². The maximum Gasteiger partial charge on any atom is 0.282 e. The molecule has 1 saturated heterocycles. The molecule has 1 aromatic carbocycles. The largest absolute Gasteiger partial charge is 0.326 e. The number of aryl methyl sites for hydroxylation is 1. The second-order valence-electron chi connectivity index (χ2n) is 3.89. The number of rotatable bonds is 1. The van der Waals surface area contributed by atoms with Crippen molar-refractivity contribution in [3.05, 3.63) is 35.4 Å². The monoisotopic (exact) mass is 211 g/mol. The Morgan fingerprint density at radius 3 is 2.60 bits per heavy atom. The van der Waals surface area contributed by atoms with Crippen LogP contribution in [-0.2, 0) is 0 Å². The molecule has 1 aliphatic rings. The number of carbonyl (C=O) groups excluding carboxylic acids is 1. The Hall–Kier alpha value is -1.45. The van der Waals surface area contributed by atoms with Crippen LogP contribution in [0.2, 0.25) is 0 Å². The summed E-state index contributed by atoms with van der Waals surface area (Å²) in [6.45, 7) is 0.945. The van der Waals surface area contributed by atoms with Gasteiger partial charge in [-0.05, 0) is 19.1 Å². The standard InChI is InChI=1S/C11H11F2NO/c1-8-3-2-4-9(5-8)10(15)14-6-11(12,13)7-14/h2-5H,6-7H2,1H3. The lowest BCUT2D eigenvalue weighted by molar-refractivity contribution is -0.113. The second kappa shape index (κ2) is 3.29. The second-order valence-corrected chi connectivity index (χ2v) is 3.89. The van der Waals surface area contributed by atoms with Crippen LogP contribution in [-0.4, -0.2) is 29.8 Å². The quantitative estimate of drug-likeness (QED) is 0.696. The van der Waals surface area contributed by atoms with Crippen molar-refractivity contribution >= 4 is 5.91 Å². The van der Waals surface area contributed by atoms with Crippen LogP contribution in [0.5, 0.6) is 0 Å². The zero-order valence-corrected chi connectivity index (χ0v) is 8.34. The van der Waals surface area contributed by atoms with Gasteiger partial charge in [0.05, 0.1) is 13.1 Å². The number of alkyl halides is 2. The van der Waals surface area contributed by atoms with Crippen LogP contribution >= 0.6 is 0 Å². The van der Waals surface area contributed by atoms with Crippen LogP contribution in [0.15, 0.2) is 24.3 Å². The molecular weight excluding hydrogens is 200 g/mol. The van der Waals surface area contributed by atoms with Gasteiger partial charge in [-0.1, -0.05) is 17.7 Å². The van der Waals surface area contributed by atoms with Crippen LogP contribution in [0, 0.1) is 6.92 Å². The van der Waals surface area contributed by atoms with E-state index in [4.69, 9.17) is 0 Å². The Morgan fingerprint density at radius 1 is 1.40 bits per heavy atom. The Bertz CT molecular complexity index is 395. The van der Waals surface area contributed by atoms with Gasteiger partial charge in [-0.3, -0.25) is 4.79 Å². The number of halogens is 2. The first-order valence-electron chi connectivity index (χ1n) is 4.72. The summed E-state index contributed by atoms with van der Waals surface area (Å²) in [4.78, 5) is 12.8. The van der Waals surface area contributed by atoms with E-state index in [-0.39, 0.29) is 5.91 Å². The third-order valence-corrected chi connectivity index (χ3v) is 2.40. The van der Waals surface area contributed by atoms with E-state index in [0.717, 1.165) is 10.5 Å². The molecule has 0 saturated carbocycles. The molecule has 2 nitrogen and oxygen atoms in total. The van der Waals surface area contributed by atoms with Gasteiger partial charge in [0.2, 0.25) is 0 Å². The Balaban J connectivity index is 2.10. The fourth-order valence-corrected chi connectivity index (χ4v) is 1.62. The Morgan fingerprint density at radius 2 is 2.07 bits per heavy atom. The number of amides is 1. The van der Waals surface area contributed by atoms with Gasteiger partial charge in [-0.2, -0.15) is 0 Å². The lowest BCUT2D eigenvalue weighted by atomic mass is 10.1. The van der Waals surface area contributed by atoms with Crippen LogP contribution in [0.3, 0.4) is 0 Å². The summed E-state index contributed by atoms with van der Waals surface area (Å²) < 4.78 is 25.1. The van der Waals surface area contributed by atoms with Crippen molar-refractivity contribution in [2.45, 2.75) is 12.8 Å². The van der Waals surface area contributed by atoms with Gasteiger partial charge in [-0.25, -0.2) is 8.78 Å². The minimum absolute atomic E-state index is 0.315. The minimum Gasteiger partial charge on any atom is -0.326 e. The summed E-state index contributed by atoms with van der Waals surface area (Å²) in [5, 5.41) is 0. The average molecular weight is 211 g/mol. The van der Waals surface area contributed by atoms with E-state index < -0.39 is 19.0 Å². The maximum atomic E-state index is 12.5. The van der Waals surface area contributed by atoms with E-state index in [2.05, 4.69) is 0 Å². The fourth-order valence-electron chi connectivity index (χ4n) is 1.62. The van der Waals surface area contributed by atoms with Crippen molar-refractivity contribution < 1.29 is 13.6 Å². The number of likely N-dealkylation sites (tertiary alicyclic amines) is 1. The molecule has 0 aliphatic carbocycles. The van der Waals surface area contributed by atoms with Crippen LogP contribution in [0.1, 0.15) is 15.9 Å². The lowest BCUT2D eigenvalue weighted by Gasteiger charge is -2.38. The smallest absolute Gasteiger partial charge is 0.282 e. The van der Waals surface area contributed by atoms with Gasteiger partial charge in [0.15, 0.2) is 0 Å². The van der Waals surface area contributed by atoms with Crippen molar-refractivity contribution in [3.63, 3.8) is 0 Å². The SMILES string of the molecule is Cc1cccc(C(=O)N2CC(F)(F)C2)c1. The predicted octanol–water partition coefficient (Wildman–Crippen LogP) is 2.09. The molecular formula is C11H11F2NO. The minimum atomic E-state index is -2.69. The van der Waals surface area contributed by atoms with Gasteiger partial charge < -0.3 is 4.90 Å². The molecule has 15 heavy (non-hydrogen) atoms. The van der Waals surface area contributed by atoms with E-state index in [1.165, 1.54) is 0 Å². The predicted molar refractivity (Wildman–Crippen MR) is 52.0 cm³/mol. The molecule has 0 spiro atoms. The van der Waals surface area contributed by atoms with Gasteiger partial charge in [0.25, 0.3) is 11.8 Å². The van der Waals surface area contributed by atoms with Crippen molar-refractivity contribution in [2.24, 2.45) is 0 Å². The van der Waals surface area contributed by atoms with E-state index >= 15 is 0 Å². The molecule has 0 bridgehead atoms. The molecule has 80 valence electrons. The summed E-state index contributed by atoms with van der Waals surface area (Å²) in [5.74, 6) is -3.01. The Labute approximate surface area is 86.5 Å². The zero-order chi connectivity index (χ0) is 11.1. The third kappa shape index (κ3) is 1.98. The summed E-state index contributed by atoms with van der Waals surface area (Å²) in [6.07, 6.45) is 0. The molecule has 1 aliphatic heterocycles. The van der Waals surface area contributed by atoms with Crippen LogP contribution < -0.4 is 0 Å². The molecule has 0 N–H and O–H groups in total. The molecule has 1 heterocycles. The first-order chi connectivity index (χ1) is 6.98. The molecule has 0 unspecified atom stereocenters. The van der Waals surface area contributed by atoms with E-state index in [1.54, 1.807) is 18.2 Å². The molecule has 0 radical (unpaired) electrons. The first-order valence-corrected chi connectivity index (χ1v) is 4.72. The van der Waals surface area contributed by atoms with Gasteiger partial charge in [0.1, 0.15) is 0 Å². The highest BCUT2D eigenvalue weighted by Gasteiger charge is 2.46. The molecule has 2 rings (SSSR count). The third-order valence-electron chi connectivity index (χ3n) is 2.40. The molecule has 0 atom stereocenters. The summed E-state index contributed by atoms with van der Waals surface area (Å²) in [7, 11) is 0. The molecule has 1 amide bonds. The maximum absolute atomic E-state index is 12.5. The highest BCUT2D eigenvalue weighted by Crippen LogP contribution is 2.27. The Kier molecular flexibility index (Phi) is 2.21. The summed E-state index contributed by atoms with van der Waals surface area (Å²) >= 11 is 0. The van der Waals surface area contributed by atoms with Crippen molar-refractivity contribution in [1.82, 2.24) is 4.90 Å². The average Bonchev–Trinajstić information content (AvgIpc) is 2.13. The normalized spacial score (nSPS) is 18.5. The van der Waals surface area contributed by atoms with Crippen LogP contribution in [0.25, 0.3) is 0 Å². The number of nitrogens with zero attached hydrogens (tertiary/aromatic N) is 1. The number of hydrogen-bond acceptors (Lipinski definition) is 1. The topological polar surface area (TPSA) is 20.3 Å². The molecule has 4 heteroatoms. The molecule has 0 aromatic heterocycles. The van der Waals surface area contributed by atoms with Gasteiger partial charge in [-0.15, -0.1) is 0 Å². The number of hydrogen-bond donors (Lipinski definition) is 0. The van der Waals surface area contributed by atoms with Crippen molar-refractivity contribution in [2.75, 3.05) is 13.1 Å². The summed E-state index contributed by atoms with van der Waals surface area (Å²) in [5.41, 5.74) is 1.43. The van der Waals surface area contributed by atoms with Gasteiger partial charge in [0, 0.05) is 5.56 Å². The number of benzene rings is 1. The zero-order valence-electron chi connectivity index (χ0n) is 8.34. The van der Waals surface area contributed by atoms with E-state index in [1.807, 2.05) is 13.0 Å². The van der Waals surface area contributed by atoms with E-state index in [0.29, 0.717) is 5.56 Å². The highest BCUT2D eigenvalue weighted by atomic mass is 19.3. The number of carbonyl (C=O) groups is 1. The molecule has 1 aromatic rings. The van der Waals surface area contributed by atoms with Crippen molar-refractivity contribution in [1.29, 1.82) is 0 Å². The van der Waals surface area contributed by atoms with Crippen molar-refractivity contribution in [3.8, 4) is 0 Å².